The number of aromatic nitrogens is 3. The maximum absolute atomic E-state index is 5.43. The zero-order valence-electron chi connectivity index (χ0n) is 12.0. The van der Waals surface area contributed by atoms with Crippen molar-refractivity contribution in [1.82, 2.24) is 14.8 Å². The molecule has 0 aliphatic carbocycles. The van der Waals surface area contributed by atoms with Crippen LogP contribution in [0.1, 0.15) is 23.8 Å². The van der Waals surface area contributed by atoms with E-state index in [2.05, 4.69) is 39.0 Å². The van der Waals surface area contributed by atoms with Gasteiger partial charge in [0.05, 0.1) is 16.3 Å². The highest BCUT2D eigenvalue weighted by molar-refractivity contribution is 7.71. The molecule has 1 unspecified atom stereocenters. The number of quaternary nitrogens is 1. The van der Waals surface area contributed by atoms with Gasteiger partial charge in [0.2, 0.25) is 4.77 Å². The number of likely N-dealkylation sites (tertiary alicyclic amines) is 1. The van der Waals surface area contributed by atoms with Crippen molar-refractivity contribution in [2.75, 3.05) is 6.54 Å². The Kier molecular flexibility index (Phi) is 3.96. The van der Waals surface area contributed by atoms with E-state index in [1.165, 1.54) is 24.3 Å². The van der Waals surface area contributed by atoms with Crippen LogP contribution in [0, 0.1) is 4.77 Å². The molecule has 22 heavy (non-hydrogen) atoms. The predicted octanol–water partition coefficient (Wildman–Crippen LogP) is 3.11. The molecule has 0 amide bonds. The summed E-state index contributed by atoms with van der Waals surface area (Å²) in [5, 5.41) is 7.60. The summed E-state index contributed by atoms with van der Waals surface area (Å²) < 4.78 is 2.67. The maximum atomic E-state index is 5.43. The maximum Gasteiger partial charge on any atom is 0.221 e. The standard InChI is InChI=1S/C15H16N4S3/c20-15-16-14(13-6-3-9-22-13)17-19(15)10-18-7-1-4-11(18)12-5-2-8-21-12/h2-3,5-6,8-9,11H,1,4,7,10H2,(H,16,17,20)/p+1/t11-/m1/s1. The van der Waals surface area contributed by atoms with Gasteiger partial charge >= 0.3 is 0 Å². The number of rotatable bonds is 4. The summed E-state index contributed by atoms with van der Waals surface area (Å²) in [6.45, 7) is 2.05. The normalized spacial score (nSPS) is 21.5. The molecule has 114 valence electrons. The van der Waals surface area contributed by atoms with Crippen LogP contribution in [0.4, 0.5) is 0 Å². The molecular weight excluding hydrogens is 332 g/mol. The van der Waals surface area contributed by atoms with Crippen molar-refractivity contribution in [1.29, 1.82) is 0 Å². The molecule has 1 aliphatic heterocycles. The molecule has 1 fully saturated rings. The summed E-state index contributed by atoms with van der Waals surface area (Å²) >= 11 is 8.98. The lowest BCUT2D eigenvalue weighted by molar-refractivity contribution is -0.941. The van der Waals surface area contributed by atoms with Gasteiger partial charge in [0.1, 0.15) is 6.04 Å². The Hall–Kier alpha value is -1.28. The molecule has 0 aromatic carbocycles. The van der Waals surface area contributed by atoms with E-state index in [4.69, 9.17) is 12.2 Å². The van der Waals surface area contributed by atoms with Gasteiger partial charge in [-0.25, -0.2) is 4.68 Å². The Morgan fingerprint density at radius 1 is 1.32 bits per heavy atom. The summed E-state index contributed by atoms with van der Waals surface area (Å²) in [6, 6.07) is 9.10. The first-order valence-corrected chi connectivity index (χ1v) is 9.57. The van der Waals surface area contributed by atoms with Crippen LogP contribution in [-0.4, -0.2) is 21.3 Å². The van der Waals surface area contributed by atoms with Crippen LogP contribution in [-0.2, 0) is 6.67 Å². The van der Waals surface area contributed by atoms with Crippen LogP contribution in [0.5, 0.6) is 0 Å². The van der Waals surface area contributed by atoms with Crippen LogP contribution < -0.4 is 4.90 Å². The largest absolute Gasteiger partial charge is 0.309 e. The molecule has 4 rings (SSSR count). The van der Waals surface area contributed by atoms with Crippen molar-refractivity contribution in [3.63, 3.8) is 0 Å². The number of nitrogens with one attached hydrogen (secondary N) is 2. The number of thiophene rings is 2. The third-order valence-corrected chi connectivity index (χ3v) is 6.34. The van der Waals surface area contributed by atoms with Gasteiger partial charge in [0.25, 0.3) is 0 Å². The van der Waals surface area contributed by atoms with Crippen molar-refractivity contribution in [3.8, 4) is 10.7 Å². The van der Waals surface area contributed by atoms with Crippen LogP contribution in [0.2, 0.25) is 0 Å². The summed E-state index contributed by atoms with van der Waals surface area (Å²) in [6.07, 6.45) is 2.53. The van der Waals surface area contributed by atoms with Gasteiger partial charge in [-0.3, -0.25) is 5.10 Å². The van der Waals surface area contributed by atoms with E-state index in [-0.39, 0.29) is 0 Å². The van der Waals surface area contributed by atoms with E-state index in [9.17, 15) is 0 Å². The summed E-state index contributed by atoms with van der Waals surface area (Å²) in [5.74, 6) is 0.881. The smallest absolute Gasteiger partial charge is 0.221 e. The van der Waals surface area contributed by atoms with Crippen LogP contribution in [0.15, 0.2) is 35.0 Å². The van der Waals surface area contributed by atoms with Gasteiger partial charge in [0.15, 0.2) is 12.5 Å². The lowest BCUT2D eigenvalue weighted by atomic mass is 10.2. The second-order valence-corrected chi connectivity index (χ2v) is 7.83. The summed E-state index contributed by atoms with van der Waals surface area (Å²) in [7, 11) is 0. The van der Waals surface area contributed by atoms with Gasteiger partial charge in [-0.2, -0.15) is 4.98 Å². The second-order valence-electron chi connectivity index (χ2n) is 5.54. The third kappa shape index (κ3) is 2.69. The van der Waals surface area contributed by atoms with Crippen LogP contribution in [0.3, 0.4) is 0 Å². The van der Waals surface area contributed by atoms with Crippen molar-refractivity contribution < 1.29 is 4.90 Å². The molecule has 2 atom stereocenters. The van der Waals surface area contributed by atoms with E-state index >= 15 is 0 Å². The fraction of sp³-hybridized carbons (Fsp3) is 0.333. The van der Waals surface area contributed by atoms with E-state index in [0.29, 0.717) is 10.8 Å². The molecule has 1 aliphatic rings. The SMILES string of the molecule is S=c1nc(-c2cccs2)[nH]n1C[NH+]1CCC[C@@H]1c1cccs1. The first-order valence-electron chi connectivity index (χ1n) is 7.40. The zero-order chi connectivity index (χ0) is 14.9. The average molecular weight is 350 g/mol. The van der Waals surface area contributed by atoms with Gasteiger partial charge in [0, 0.05) is 12.8 Å². The van der Waals surface area contributed by atoms with Gasteiger partial charge in [-0.15, -0.1) is 22.7 Å². The van der Waals surface area contributed by atoms with E-state index in [0.717, 1.165) is 17.4 Å². The topological polar surface area (TPSA) is 38.0 Å². The Labute approximate surface area is 142 Å². The Bertz CT molecular complexity index is 785. The van der Waals surface area contributed by atoms with Crippen molar-refractivity contribution >= 4 is 34.9 Å². The highest BCUT2D eigenvalue weighted by Gasteiger charge is 2.31. The highest BCUT2D eigenvalue weighted by atomic mass is 32.1. The van der Waals surface area contributed by atoms with Crippen LogP contribution in [0.25, 0.3) is 10.7 Å². The minimum absolute atomic E-state index is 0.593. The fourth-order valence-electron chi connectivity index (χ4n) is 3.12. The van der Waals surface area contributed by atoms with Crippen molar-refractivity contribution in [2.24, 2.45) is 0 Å². The van der Waals surface area contributed by atoms with Gasteiger partial charge < -0.3 is 4.90 Å². The van der Waals surface area contributed by atoms with Crippen LogP contribution >= 0.6 is 34.9 Å². The number of hydrogen-bond acceptors (Lipinski definition) is 4. The molecule has 7 heteroatoms. The van der Waals surface area contributed by atoms with E-state index < -0.39 is 0 Å². The molecule has 4 nitrogen and oxygen atoms in total. The Balaban J connectivity index is 1.57. The molecule has 2 N–H and O–H groups in total. The number of hydrogen-bond donors (Lipinski definition) is 2. The Morgan fingerprint density at radius 2 is 2.18 bits per heavy atom. The summed E-state index contributed by atoms with van der Waals surface area (Å²) in [4.78, 5) is 8.69. The summed E-state index contributed by atoms with van der Waals surface area (Å²) in [5.41, 5.74) is 0. The fourth-order valence-corrected chi connectivity index (χ4v) is 4.91. The predicted molar refractivity (Wildman–Crippen MR) is 92.8 cm³/mol. The number of aromatic amines is 1. The monoisotopic (exact) mass is 349 g/mol. The molecule has 0 bridgehead atoms. The zero-order valence-corrected chi connectivity index (χ0v) is 14.4. The van der Waals surface area contributed by atoms with Crippen molar-refractivity contribution in [3.05, 3.63) is 44.7 Å². The van der Waals surface area contributed by atoms with Gasteiger partial charge in [-0.1, -0.05) is 12.1 Å². The molecular formula is C15H17N4S3+. The lowest BCUT2D eigenvalue weighted by Gasteiger charge is -2.20. The molecule has 3 aromatic heterocycles. The molecule has 3 aromatic rings. The van der Waals surface area contributed by atoms with E-state index in [1.807, 2.05) is 22.1 Å². The first kappa shape index (κ1) is 14.3. The number of H-pyrrole nitrogens is 1. The highest BCUT2D eigenvalue weighted by Crippen LogP contribution is 2.24. The number of nitrogens with zero attached hydrogens (tertiary/aromatic N) is 2. The first-order chi connectivity index (χ1) is 10.8. The average Bonchev–Trinajstić information content (AvgIpc) is 3.27. The van der Waals surface area contributed by atoms with Crippen molar-refractivity contribution in [2.45, 2.75) is 25.6 Å². The lowest BCUT2D eigenvalue weighted by Crippen LogP contribution is -3.09. The quantitative estimate of drug-likeness (QED) is 0.710. The Morgan fingerprint density at radius 3 is 2.95 bits per heavy atom. The van der Waals surface area contributed by atoms with E-state index in [1.54, 1.807) is 16.2 Å². The molecule has 0 spiro atoms. The third-order valence-electron chi connectivity index (χ3n) is 4.17. The molecule has 0 saturated carbocycles. The van der Waals surface area contributed by atoms with Gasteiger partial charge in [-0.05, 0) is 35.1 Å². The second kappa shape index (κ2) is 6.08. The minimum atomic E-state index is 0.593. The molecule has 1 saturated heterocycles. The molecule has 4 heterocycles. The molecule has 0 radical (unpaired) electrons. The minimum Gasteiger partial charge on any atom is -0.309 e.